The SMILES string of the molecule is Cc1ccc(C2Cc3c(-c4ccccc4)cc(Cc4ccccc4)nc3O2)cc1. The van der Waals surface area contributed by atoms with Crippen LogP contribution in [0.2, 0.25) is 0 Å². The van der Waals surface area contributed by atoms with Crippen LogP contribution in [0.5, 0.6) is 5.88 Å². The van der Waals surface area contributed by atoms with E-state index in [4.69, 9.17) is 9.72 Å². The fourth-order valence-electron chi connectivity index (χ4n) is 3.99. The Morgan fingerprint density at radius 1 is 0.862 bits per heavy atom. The van der Waals surface area contributed by atoms with Gasteiger partial charge < -0.3 is 4.74 Å². The molecule has 0 fully saturated rings. The number of ether oxygens (including phenoxy) is 1. The van der Waals surface area contributed by atoms with E-state index in [1.54, 1.807) is 0 Å². The summed E-state index contributed by atoms with van der Waals surface area (Å²) in [6, 6.07) is 31.9. The molecule has 0 N–H and O–H groups in total. The number of rotatable bonds is 4. The lowest BCUT2D eigenvalue weighted by Gasteiger charge is -2.11. The van der Waals surface area contributed by atoms with Crippen molar-refractivity contribution < 1.29 is 4.74 Å². The van der Waals surface area contributed by atoms with Crippen molar-refractivity contribution in [2.75, 3.05) is 0 Å². The second-order valence-corrected chi connectivity index (χ2v) is 7.69. The summed E-state index contributed by atoms with van der Waals surface area (Å²) in [5, 5.41) is 0. The molecular formula is C27H23NO. The van der Waals surface area contributed by atoms with Crippen LogP contribution in [0.15, 0.2) is 91.0 Å². The molecule has 0 saturated carbocycles. The third-order valence-electron chi connectivity index (χ3n) is 5.54. The maximum atomic E-state index is 6.36. The minimum absolute atomic E-state index is 0.0209. The van der Waals surface area contributed by atoms with Gasteiger partial charge in [-0.15, -0.1) is 0 Å². The molecule has 2 heterocycles. The molecule has 0 amide bonds. The second kappa shape index (κ2) is 7.56. The van der Waals surface area contributed by atoms with E-state index in [0.29, 0.717) is 0 Å². The third-order valence-corrected chi connectivity index (χ3v) is 5.54. The van der Waals surface area contributed by atoms with Gasteiger partial charge in [-0.1, -0.05) is 90.5 Å². The Balaban J connectivity index is 1.55. The minimum atomic E-state index is 0.0209. The van der Waals surface area contributed by atoms with Gasteiger partial charge in [-0.25, -0.2) is 4.98 Å². The molecule has 0 bridgehead atoms. The Hall–Kier alpha value is -3.39. The van der Waals surface area contributed by atoms with Crippen LogP contribution in [0.25, 0.3) is 11.1 Å². The topological polar surface area (TPSA) is 22.1 Å². The molecule has 3 aromatic carbocycles. The van der Waals surface area contributed by atoms with Gasteiger partial charge in [-0.05, 0) is 35.2 Å². The molecule has 0 radical (unpaired) electrons. The van der Waals surface area contributed by atoms with E-state index in [-0.39, 0.29) is 6.10 Å². The van der Waals surface area contributed by atoms with E-state index < -0.39 is 0 Å². The number of nitrogens with zero attached hydrogens (tertiary/aromatic N) is 1. The van der Waals surface area contributed by atoms with Crippen molar-refractivity contribution in [1.82, 2.24) is 4.98 Å². The van der Waals surface area contributed by atoms with E-state index in [1.165, 1.54) is 33.4 Å². The monoisotopic (exact) mass is 377 g/mol. The molecule has 2 nitrogen and oxygen atoms in total. The molecule has 1 unspecified atom stereocenters. The number of pyridine rings is 1. The molecule has 0 saturated heterocycles. The summed E-state index contributed by atoms with van der Waals surface area (Å²) in [6.07, 6.45) is 1.67. The number of hydrogen-bond donors (Lipinski definition) is 0. The van der Waals surface area contributed by atoms with Gasteiger partial charge in [0.15, 0.2) is 0 Å². The molecule has 1 atom stereocenters. The first-order valence-electron chi connectivity index (χ1n) is 10.1. The average molecular weight is 377 g/mol. The van der Waals surface area contributed by atoms with Gasteiger partial charge in [0, 0.05) is 24.1 Å². The van der Waals surface area contributed by atoms with Gasteiger partial charge in [0.1, 0.15) is 6.10 Å². The minimum Gasteiger partial charge on any atom is -0.469 e. The van der Waals surface area contributed by atoms with Crippen molar-refractivity contribution >= 4 is 0 Å². The largest absolute Gasteiger partial charge is 0.469 e. The Morgan fingerprint density at radius 3 is 2.28 bits per heavy atom. The Morgan fingerprint density at radius 2 is 1.55 bits per heavy atom. The third kappa shape index (κ3) is 3.66. The molecule has 1 aromatic heterocycles. The quantitative estimate of drug-likeness (QED) is 0.415. The summed E-state index contributed by atoms with van der Waals surface area (Å²) < 4.78 is 6.36. The van der Waals surface area contributed by atoms with Crippen molar-refractivity contribution in [1.29, 1.82) is 0 Å². The maximum Gasteiger partial charge on any atom is 0.218 e. The van der Waals surface area contributed by atoms with E-state index in [1.807, 2.05) is 6.07 Å². The number of aryl methyl sites for hydroxylation is 1. The number of hydrogen-bond acceptors (Lipinski definition) is 2. The van der Waals surface area contributed by atoms with Crippen molar-refractivity contribution in [3.05, 3.63) is 119 Å². The fraction of sp³-hybridized carbons (Fsp3) is 0.148. The highest BCUT2D eigenvalue weighted by atomic mass is 16.5. The van der Waals surface area contributed by atoms with Crippen molar-refractivity contribution in [3.8, 4) is 17.0 Å². The normalized spacial score (nSPS) is 15.0. The maximum absolute atomic E-state index is 6.36. The number of aromatic nitrogens is 1. The summed E-state index contributed by atoms with van der Waals surface area (Å²) in [5.74, 6) is 0.780. The lowest BCUT2D eigenvalue weighted by Crippen LogP contribution is -2.03. The highest BCUT2D eigenvalue weighted by Gasteiger charge is 2.29. The Bertz CT molecular complexity index is 1120. The van der Waals surface area contributed by atoms with Gasteiger partial charge in [0.25, 0.3) is 0 Å². The molecule has 1 aliphatic rings. The molecule has 142 valence electrons. The van der Waals surface area contributed by atoms with Crippen molar-refractivity contribution in [2.24, 2.45) is 0 Å². The molecule has 5 rings (SSSR count). The predicted molar refractivity (Wildman–Crippen MR) is 117 cm³/mol. The Kier molecular flexibility index (Phi) is 4.61. The van der Waals surface area contributed by atoms with Crippen molar-refractivity contribution in [3.63, 3.8) is 0 Å². The van der Waals surface area contributed by atoms with Crippen LogP contribution < -0.4 is 4.74 Å². The van der Waals surface area contributed by atoms with Gasteiger partial charge in [-0.2, -0.15) is 0 Å². The molecule has 1 aliphatic heterocycles. The Labute approximate surface area is 171 Å². The standard InChI is InChI=1S/C27H23NO/c1-19-12-14-22(15-13-19)26-18-25-24(21-10-6-3-7-11-21)17-23(28-27(25)29-26)16-20-8-4-2-5-9-20/h2-15,17,26H,16,18H2,1H3. The van der Waals surface area contributed by atoms with Crippen molar-refractivity contribution in [2.45, 2.75) is 25.9 Å². The summed E-state index contributed by atoms with van der Waals surface area (Å²) in [5.41, 5.74) is 8.42. The van der Waals surface area contributed by atoms with Gasteiger partial charge in [0.05, 0.1) is 0 Å². The van der Waals surface area contributed by atoms with E-state index in [2.05, 4.69) is 91.9 Å². The van der Waals surface area contributed by atoms with Crippen LogP contribution in [0.1, 0.15) is 34.1 Å². The summed E-state index contributed by atoms with van der Waals surface area (Å²) in [4.78, 5) is 4.91. The first-order valence-corrected chi connectivity index (χ1v) is 10.1. The summed E-state index contributed by atoms with van der Waals surface area (Å²) >= 11 is 0. The average Bonchev–Trinajstić information content (AvgIpc) is 3.19. The summed E-state index contributed by atoms with van der Waals surface area (Å²) in [7, 11) is 0. The highest BCUT2D eigenvalue weighted by Crippen LogP contribution is 2.41. The summed E-state index contributed by atoms with van der Waals surface area (Å²) in [6.45, 7) is 2.11. The lowest BCUT2D eigenvalue weighted by molar-refractivity contribution is 0.230. The van der Waals surface area contributed by atoms with Crippen LogP contribution in [-0.2, 0) is 12.8 Å². The van der Waals surface area contributed by atoms with E-state index >= 15 is 0 Å². The second-order valence-electron chi connectivity index (χ2n) is 7.69. The molecule has 0 aliphatic carbocycles. The molecule has 4 aromatic rings. The zero-order valence-corrected chi connectivity index (χ0v) is 16.5. The first kappa shape index (κ1) is 17.7. The van der Waals surface area contributed by atoms with E-state index in [0.717, 1.165) is 24.4 Å². The zero-order chi connectivity index (χ0) is 19.6. The van der Waals surface area contributed by atoms with Crippen LogP contribution in [0.4, 0.5) is 0 Å². The van der Waals surface area contributed by atoms with Gasteiger partial charge in [0.2, 0.25) is 5.88 Å². The number of fused-ring (bicyclic) bond motifs is 1. The highest BCUT2D eigenvalue weighted by molar-refractivity contribution is 5.70. The lowest BCUT2D eigenvalue weighted by atomic mass is 9.95. The fourth-order valence-corrected chi connectivity index (χ4v) is 3.99. The van der Waals surface area contributed by atoms with Crippen LogP contribution in [-0.4, -0.2) is 4.98 Å². The van der Waals surface area contributed by atoms with Gasteiger partial charge >= 0.3 is 0 Å². The smallest absolute Gasteiger partial charge is 0.218 e. The zero-order valence-electron chi connectivity index (χ0n) is 16.5. The predicted octanol–water partition coefficient (Wildman–Crippen LogP) is 6.32. The van der Waals surface area contributed by atoms with Crippen LogP contribution in [0.3, 0.4) is 0 Å². The van der Waals surface area contributed by atoms with Crippen LogP contribution >= 0.6 is 0 Å². The van der Waals surface area contributed by atoms with Crippen LogP contribution in [0, 0.1) is 6.92 Å². The molecule has 2 heteroatoms. The molecule has 29 heavy (non-hydrogen) atoms. The van der Waals surface area contributed by atoms with Gasteiger partial charge in [-0.3, -0.25) is 0 Å². The molecular weight excluding hydrogens is 354 g/mol. The number of benzene rings is 3. The molecule has 0 spiro atoms. The first-order chi connectivity index (χ1) is 14.3. The van der Waals surface area contributed by atoms with E-state index in [9.17, 15) is 0 Å².